The number of rotatable bonds is 3. The zero-order chi connectivity index (χ0) is 6.62. The molecule has 0 rings (SSSR count). The van der Waals surface area contributed by atoms with Crippen molar-refractivity contribution in [1.82, 2.24) is 0 Å². The van der Waals surface area contributed by atoms with Crippen molar-refractivity contribution < 1.29 is 4.57 Å². The molecule has 0 amide bonds. The Hall–Kier alpha value is 0.960. The maximum absolute atomic E-state index is 11.0. The van der Waals surface area contributed by atoms with Crippen LogP contribution in [0.1, 0.15) is 6.42 Å². The summed E-state index contributed by atoms with van der Waals surface area (Å²) in [4.78, 5) is 0. The van der Waals surface area contributed by atoms with E-state index in [1.165, 1.54) is 0 Å². The minimum atomic E-state index is -1.69. The molecule has 0 aliphatic carbocycles. The van der Waals surface area contributed by atoms with Crippen LogP contribution < -0.4 is 0 Å². The lowest BCUT2D eigenvalue weighted by Gasteiger charge is -2.01. The van der Waals surface area contributed by atoms with Crippen LogP contribution in [0.5, 0.6) is 0 Å². The van der Waals surface area contributed by atoms with Crippen molar-refractivity contribution in [3.8, 4) is 0 Å². The van der Waals surface area contributed by atoms with Gasteiger partial charge >= 0.3 is 0 Å². The fourth-order valence-electron chi connectivity index (χ4n) is 0.441. The smallest absolute Gasteiger partial charge is 0.0819 e. The van der Waals surface area contributed by atoms with E-state index >= 15 is 0 Å². The fourth-order valence-corrected chi connectivity index (χ4v) is 2.35. The molecule has 0 unspecified atom stereocenters. The summed E-state index contributed by atoms with van der Waals surface area (Å²) in [5, 5.41) is 0. The quantitative estimate of drug-likeness (QED) is 0.424. The second-order valence-corrected chi connectivity index (χ2v) is 7.01. The van der Waals surface area contributed by atoms with Crippen molar-refractivity contribution in [2.45, 2.75) is 6.42 Å². The summed E-state index contributed by atoms with van der Waals surface area (Å²) in [6.07, 6.45) is 2.01. The van der Waals surface area contributed by atoms with Gasteiger partial charge in [-0.05, 0) is 24.2 Å². The summed E-state index contributed by atoms with van der Waals surface area (Å²) < 4.78 is 12.1. The minimum absolute atomic E-state index is 0.913. The molecule has 0 bridgehead atoms. The van der Waals surface area contributed by atoms with Crippen LogP contribution >= 0.6 is 29.7 Å². The van der Waals surface area contributed by atoms with Crippen LogP contribution in [0.25, 0.3) is 0 Å². The molecule has 0 radical (unpaired) electrons. The Balaban J connectivity index is 3.26. The molecule has 0 heterocycles. The second-order valence-electron chi connectivity index (χ2n) is 2.34. The average Bonchev–Trinajstić information content (AvgIpc) is 1.59. The first-order chi connectivity index (χ1) is 3.56. The van der Waals surface area contributed by atoms with E-state index in [0.717, 1.165) is 17.0 Å². The standard InChI is InChI=1S/C5H12IOP/c1-8(2,7)5-3-4-6/h3-5H2,1-2H3. The molecule has 0 aromatic heterocycles. The molecule has 0 aliphatic heterocycles. The Morgan fingerprint density at radius 2 is 2.00 bits per heavy atom. The third-order valence-electron chi connectivity index (χ3n) is 0.830. The molecule has 0 saturated heterocycles. The Morgan fingerprint density at radius 3 is 2.12 bits per heavy atom. The van der Waals surface area contributed by atoms with E-state index in [2.05, 4.69) is 22.6 Å². The lowest BCUT2D eigenvalue weighted by molar-refractivity contribution is 0.581. The molecule has 0 N–H and O–H groups in total. The third-order valence-corrected chi connectivity index (χ3v) is 2.99. The van der Waals surface area contributed by atoms with Crippen molar-refractivity contribution in [2.24, 2.45) is 0 Å². The third kappa shape index (κ3) is 6.96. The number of alkyl halides is 1. The van der Waals surface area contributed by atoms with Gasteiger partial charge < -0.3 is 4.57 Å². The molecule has 3 heteroatoms. The predicted molar refractivity (Wildman–Crippen MR) is 47.8 cm³/mol. The maximum atomic E-state index is 11.0. The number of hydrogen-bond acceptors (Lipinski definition) is 1. The van der Waals surface area contributed by atoms with Gasteiger partial charge in [-0.15, -0.1) is 0 Å². The first-order valence-electron chi connectivity index (χ1n) is 2.66. The second kappa shape index (κ2) is 3.89. The van der Waals surface area contributed by atoms with Gasteiger partial charge in [0.15, 0.2) is 0 Å². The molecule has 0 aliphatic rings. The zero-order valence-electron chi connectivity index (χ0n) is 5.35. The van der Waals surface area contributed by atoms with Gasteiger partial charge in [0.1, 0.15) is 0 Å². The van der Waals surface area contributed by atoms with Gasteiger partial charge in [0.25, 0.3) is 0 Å². The SMILES string of the molecule is CP(C)(=O)CCCI. The van der Waals surface area contributed by atoms with Gasteiger partial charge in [0.2, 0.25) is 0 Å². The van der Waals surface area contributed by atoms with Gasteiger partial charge in [-0.1, -0.05) is 22.6 Å². The van der Waals surface area contributed by atoms with Crippen molar-refractivity contribution in [3.05, 3.63) is 0 Å². The topological polar surface area (TPSA) is 17.1 Å². The largest absolute Gasteiger partial charge is 0.324 e. The summed E-state index contributed by atoms with van der Waals surface area (Å²) in [5.74, 6) is 0. The monoisotopic (exact) mass is 246 g/mol. The zero-order valence-corrected chi connectivity index (χ0v) is 8.41. The Labute approximate surface area is 64.8 Å². The van der Waals surface area contributed by atoms with Crippen LogP contribution in [0.3, 0.4) is 0 Å². The van der Waals surface area contributed by atoms with E-state index in [1.54, 1.807) is 0 Å². The highest BCUT2D eigenvalue weighted by Gasteiger charge is 2.03. The lowest BCUT2D eigenvalue weighted by atomic mass is 10.6. The molecular weight excluding hydrogens is 234 g/mol. The van der Waals surface area contributed by atoms with E-state index in [0.29, 0.717) is 0 Å². The number of hydrogen-bond donors (Lipinski definition) is 0. The Kier molecular flexibility index (Phi) is 4.35. The first-order valence-corrected chi connectivity index (χ1v) is 6.97. The molecule has 0 saturated carbocycles. The van der Waals surface area contributed by atoms with Crippen molar-refractivity contribution >= 4 is 29.7 Å². The molecule has 0 aromatic carbocycles. The van der Waals surface area contributed by atoms with E-state index in [-0.39, 0.29) is 0 Å². The van der Waals surface area contributed by atoms with Gasteiger partial charge in [-0.3, -0.25) is 0 Å². The molecule has 0 spiro atoms. The van der Waals surface area contributed by atoms with Crippen molar-refractivity contribution in [3.63, 3.8) is 0 Å². The van der Waals surface area contributed by atoms with Crippen LogP contribution in [0.15, 0.2) is 0 Å². The number of halogens is 1. The lowest BCUT2D eigenvalue weighted by Crippen LogP contribution is -1.85. The summed E-state index contributed by atoms with van der Waals surface area (Å²) >= 11 is 2.31. The molecule has 50 valence electrons. The van der Waals surface area contributed by atoms with Crippen LogP contribution in [0.2, 0.25) is 0 Å². The molecule has 0 atom stereocenters. The summed E-state index contributed by atoms with van der Waals surface area (Å²) in [6, 6.07) is 0. The van der Waals surface area contributed by atoms with Crippen LogP contribution in [-0.2, 0) is 4.57 Å². The van der Waals surface area contributed by atoms with E-state index in [9.17, 15) is 4.57 Å². The average molecular weight is 246 g/mol. The normalized spacial score (nSPS) is 11.9. The van der Waals surface area contributed by atoms with E-state index in [4.69, 9.17) is 0 Å². The highest BCUT2D eigenvalue weighted by atomic mass is 127. The van der Waals surface area contributed by atoms with Gasteiger partial charge in [0, 0.05) is 6.16 Å². The highest BCUT2D eigenvalue weighted by molar-refractivity contribution is 14.1. The first kappa shape index (κ1) is 8.96. The van der Waals surface area contributed by atoms with E-state index in [1.807, 2.05) is 13.3 Å². The minimum Gasteiger partial charge on any atom is -0.324 e. The summed E-state index contributed by atoms with van der Waals surface area (Å²) in [6.45, 7) is 3.69. The maximum Gasteiger partial charge on any atom is 0.0819 e. The molecule has 0 aromatic rings. The van der Waals surface area contributed by atoms with Gasteiger partial charge in [0.05, 0.1) is 7.14 Å². The Bertz CT molecular complexity index is 96.6. The Morgan fingerprint density at radius 1 is 1.50 bits per heavy atom. The molecule has 0 fully saturated rings. The van der Waals surface area contributed by atoms with Crippen molar-refractivity contribution in [1.29, 1.82) is 0 Å². The molecule has 1 nitrogen and oxygen atoms in total. The fraction of sp³-hybridized carbons (Fsp3) is 1.00. The van der Waals surface area contributed by atoms with Crippen molar-refractivity contribution in [2.75, 3.05) is 23.9 Å². The summed E-state index contributed by atoms with van der Waals surface area (Å²) in [5.41, 5.74) is 0. The van der Waals surface area contributed by atoms with Crippen LogP contribution in [0, 0.1) is 0 Å². The molecule has 8 heavy (non-hydrogen) atoms. The van der Waals surface area contributed by atoms with Gasteiger partial charge in [-0.2, -0.15) is 0 Å². The van der Waals surface area contributed by atoms with Gasteiger partial charge in [-0.25, -0.2) is 0 Å². The highest BCUT2D eigenvalue weighted by Crippen LogP contribution is 2.36. The van der Waals surface area contributed by atoms with E-state index < -0.39 is 7.14 Å². The van der Waals surface area contributed by atoms with Crippen LogP contribution in [0.4, 0.5) is 0 Å². The predicted octanol–water partition coefficient (Wildman–Crippen LogP) is 2.43. The van der Waals surface area contributed by atoms with Crippen LogP contribution in [-0.4, -0.2) is 23.9 Å². The molecular formula is C5H12IOP. The summed E-state index contributed by atoms with van der Waals surface area (Å²) in [7, 11) is -1.69.